The SMILES string of the molecule is Cc1noc(CNc2ncc(Cl)cc2Br)n1. The fraction of sp³-hybridized carbons (Fsp3) is 0.222. The Kier molecular flexibility index (Phi) is 3.40. The Hall–Kier alpha value is -1.14. The Morgan fingerprint density at radius 3 is 3.00 bits per heavy atom. The van der Waals surface area contributed by atoms with Crippen LogP contribution in [-0.4, -0.2) is 15.1 Å². The van der Waals surface area contributed by atoms with Gasteiger partial charge in [0.1, 0.15) is 5.82 Å². The second-order valence-electron chi connectivity index (χ2n) is 3.07. The molecule has 0 amide bonds. The molecule has 0 radical (unpaired) electrons. The maximum Gasteiger partial charge on any atom is 0.245 e. The summed E-state index contributed by atoms with van der Waals surface area (Å²) >= 11 is 9.13. The van der Waals surface area contributed by atoms with Crippen LogP contribution in [0.25, 0.3) is 0 Å². The number of pyridine rings is 1. The van der Waals surface area contributed by atoms with E-state index in [1.54, 1.807) is 19.2 Å². The third kappa shape index (κ3) is 2.70. The van der Waals surface area contributed by atoms with E-state index in [1.807, 2.05) is 0 Å². The molecule has 0 aromatic carbocycles. The minimum atomic E-state index is 0.425. The third-order valence-corrected chi connectivity index (χ3v) is 2.60. The quantitative estimate of drug-likeness (QED) is 0.944. The van der Waals surface area contributed by atoms with Crippen LogP contribution in [0.2, 0.25) is 5.02 Å². The molecule has 0 spiro atoms. The summed E-state index contributed by atoms with van der Waals surface area (Å²) < 4.78 is 5.75. The number of hydrogen-bond acceptors (Lipinski definition) is 5. The van der Waals surface area contributed by atoms with E-state index >= 15 is 0 Å². The molecule has 7 heteroatoms. The molecule has 1 N–H and O–H groups in total. The Morgan fingerprint density at radius 2 is 2.38 bits per heavy atom. The van der Waals surface area contributed by atoms with Gasteiger partial charge in [0, 0.05) is 6.20 Å². The largest absolute Gasteiger partial charge is 0.360 e. The van der Waals surface area contributed by atoms with Gasteiger partial charge in [0.25, 0.3) is 0 Å². The molecule has 0 saturated heterocycles. The van der Waals surface area contributed by atoms with Gasteiger partial charge in [-0.15, -0.1) is 0 Å². The number of halogens is 2. The molecule has 0 fully saturated rings. The van der Waals surface area contributed by atoms with Crippen molar-refractivity contribution in [3.8, 4) is 0 Å². The summed E-state index contributed by atoms with van der Waals surface area (Å²) in [6, 6.07) is 1.76. The minimum absolute atomic E-state index is 0.425. The van der Waals surface area contributed by atoms with Crippen LogP contribution in [0, 0.1) is 6.92 Å². The smallest absolute Gasteiger partial charge is 0.245 e. The zero-order valence-corrected chi connectivity index (χ0v) is 10.7. The van der Waals surface area contributed by atoms with Gasteiger partial charge < -0.3 is 9.84 Å². The van der Waals surface area contributed by atoms with Gasteiger partial charge in [0.05, 0.1) is 16.0 Å². The van der Waals surface area contributed by atoms with Crippen LogP contribution in [0.4, 0.5) is 5.82 Å². The van der Waals surface area contributed by atoms with Crippen LogP contribution >= 0.6 is 27.5 Å². The fourth-order valence-electron chi connectivity index (χ4n) is 1.12. The predicted octanol–water partition coefficient (Wildman–Crippen LogP) is 2.80. The monoisotopic (exact) mass is 302 g/mol. The van der Waals surface area contributed by atoms with Crippen molar-refractivity contribution in [3.05, 3.63) is 33.5 Å². The molecule has 0 saturated carbocycles. The van der Waals surface area contributed by atoms with Crippen LogP contribution in [0.1, 0.15) is 11.7 Å². The topological polar surface area (TPSA) is 63.8 Å². The minimum Gasteiger partial charge on any atom is -0.360 e. The molecule has 0 aliphatic heterocycles. The number of nitrogens with zero attached hydrogens (tertiary/aromatic N) is 3. The Morgan fingerprint density at radius 1 is 1.56 bits per heavy atom. The summed E-state index contributed by atoms with van der Waals surface area (Å²) in [5.41, 5.74) is 0. The molecule has 0 bridgehead atoms. The summed E-state index contributed by atoms with van der Waals surface area (Å²) in [5.74, 6) is 1.81. The summed E-state index contributed by atoms with van der Waals surface area (Å²) in [6.07, 6.45) is 1.56. The number of aryl methyl sites for hydroxylation is 1. The Labute approximate surface area is 105 Å². The zero-order chi connectivity index (χ0) is 11.5. The average molecular weight is 304 g/mol. The number of aromatic nitrogens is 3. The van der Waals surface area contributed by atoms with Gasteiger partial charge in [-0.1, -0.05) is 16.8 Å². The van der Waals surface area contributed by atoms with E-state index in [0.717, 1.165) is 4.47 Å². The first-order chi connectivity index (χ1) is 7.65. The first kappa shape index (κ1) is 11.3. The lowest BCUT2D eigenvalue weighted by molar-refractivity contribution is 0.379. The molecule has 0 unspecified atom stereocenters. The molecule has 2 rings (SSSR count). The van der Waals surface area contributed by atoms with Crippen LogP contribution in [0.5, 0.6) is 0 Å². The summed E-state index contributed by atoms with van der Waals surface area (Å²) in [6.45, 7) is 2.19. The fourth-order valence-corrected chi connectivity index (χ4v) is 1.89. The molecule has 2 aromatic heterocycles. The van der Waals surface area contributed by atoms with Crippen molar-refractivity contribution in [2.24, 2.45) is 0 Å². The third-order valence-electron chi connectivity index (χ3n) is 1.78. The van der Waals surface area contributed by atoms with E-state index in [4.69, 9.17) is 16.1 Å². The van der Waals surface area contributed by atoms with Crippen molar-refractivity contribution in [3.63, 3.8) is 0 Å². The normalized spacial score (nSPS) is 10.4. The molecule has 2 aromatic rings. The average Bonchev–Trinajstić information content (AvgIpc) is 2.63. The lowest BCUT2D eigenvalue weighted by Gasteiger charge is -2.04. The van der Waals surface area contributed by atoms with Crippen LogP contribution < -0.4 is 5.32 Å². The summed E-state index contributed by atoms with van der Waals surface area (Å²) in [4.78, 5) is 8.18. The number of hydrogen-bond donors (Lipinski definition) is 1. The molecular formula is C9H8BrClN4O. The first-order valence-electron chi connectivity index (χ1n) is 4.49. The molecule has 0 atom stereocenters. The first-order valence-corrected chi connectivity index (χ1v) is 5.66. The van der Waals surface area contributed by atoms with Gasteiger partial charge in [0.15, 0.2) is 5.82 Å². The van der Waals surface area contributed by atoms with Gasteiger partial charge in [0.2, 0.25) is 5.89 Å². The van der Waals surface area contributed by atoms with E-state index in [1.165, 1.54) is 0 Å². The van der Waals surface area contributed by atoms with Crippen LogP contribution in [0.15, 0.2) is 21.3 Å². The molecule has 2 heterocycles. The van der Waals surface area contributed by atoms with Gasteiger partial charge in [-0.3, -0.25) is 0 Å². The second kappa shape index (κ2) is 4.80. The van der Waals surface area contributed by atoms with E-state index in [2.05, 4.69) is 36.4 Å². The summed E-state index contributed by atoms with van der Waals surface area (Å²) in [7, 11) is 0. The van der Waals surface area contributed by atoms with Gasteiger partial charge in [-0.2, -0.15) is 4.98 Å². The van der Waals surface area contributed by atoms with Crippen molar-refractivity contribution < 1.29 is 4.52 Å². The number of anilines is 1. The van der Waals surface area contributed by atoms with Crippen molar-refractivity contribution in [2.75, 3.05) is 5.32 Å². The molecular weight excluding hydrogens is 295 g/mol. The zero-order valence-electron chi connectivity index (χ0n) is 8.37. The molecule has 0 aliphatic carbocycles. The van der Waals surface area contributed by atoms with Crippen molar-refractivity contribution in [1.82, 2.24) is 15.1 Å². The van der Waals surface area contributed by atoms with Gasteiger partial charge >= 0.3 is 0 Å². The van der Waals surface area contributed by atoms with E-state index < -0.39 is 0 Å². The predicted molar refractivity (Wildman–Crippen MR) is 63.3 cm³/mol. The van der Waals surface area contributed by atoms with E-state index in [0.29, 0.717) is 29.1 Å². The Bertz CT molecular complexity index is 502. The molecule has 84 valence electrons. The highest BCUT2D eigenvalue weighted by Crippen LogP contribution is 2.23. The maximum absolute atomic E-state index is 5.78. The van der Waals surface area contributed by atoms with E-state index in [-0.39, 0.29) is 0 Å². The lowest BCUT2D eigenvalue weighted by Crippen LogP contribution is -2.02. The lowest BCUT2D eigenvalue weighted by atomic mass is 10.4. The number of nitrogens with one attached hydrogen (secondary N) is 1. The van der Waals surface area contributed by atoms with Gasteiger partial charge in [-0.25, -0.2) is 4.98 Å². The van der Waals surface area contributed by atoms with Crippen LogP contribution in [-0.2, 0) is 6.54 Å². The highest BCUT2D eigenvalue weighted by Gasteiger charge is 2.05. The van der Waals surface area contributed by atoms with E-state index in [9.17, 15) is 0 Å². The second-order valence-corrected chi connectivity index (χ2v) is 4.36. The highest BCUT2D eigenvalue weighted by molar-refractivity contribution is 9.10. The summed E-state index contributed by atoms with van der Waals surface area (Å²) in [5, 5.41) is 7.32. The van der Waals surface area contributed by atoms with Crippen molar-refractivity contribution >= 4 is 33.3 Å². The highest BCUT2D eigenvalue weighted by atomic mass is 79.9. The maximum atomic E-state index is 5.78. The molecule has 16 heavy (non-hydrogen) atoms. The Balaban J connectivity index is 2.04. The van der Waals surface area contributed by atoms with Crippen LogP contribution in [0.3, 0.4) is 0 Å². The van der Waals surface area contributed by atoms with Gasteiger partial charge in [-0.05, 0) is 28.9 Å². The molecule has 5 nitrogen and oxygen atoms in total. The molecule has 0 aliphatic rings. The standard InChI is InChI=1S/C9H8BrClN4O/c1-5-14-8(16-15-5)4-13-9-7(10)2-6(11)3-12-9/h2-3H,4H2,1H3,(H,12,13). The number of rotatable bonds is 3. The van der Waals surface area contributed by atoms with Crippen molar-refractivity contribution in [1.29, 1.82) is 0 Å². The van der Waals surface area contributed by atoms with Crippen molar-refractivity contribution in [2.45, 2.75) is 13.5 Å².